The number of amides is 2. The van der Waals surface area contributed by atoms with Gasteiger partial charge in [-0.25, -0.2) is 4.39 Å². The van der Waals surface area contributed by atoms with Crippen molar-refractivity contribution in [1.29, 1.82) is 0 Å². The number of thioether (sulfide) groups is 1. The van der Waals surface area contributed by atoms with Gasteiger partial charge < -0.3 is 5.32 Å². The molecule has 1 aromatic carbocycles. The summed E-state index contributed by atoms with van der Waals surface area (Å²) in [5.74, 6) is -1.28. The fraction of sp³-hybridized carbons (Fsp3) is 0.235. The van der Waals surface area contributed by atoms with E-state index in [2.05, 4.69) is 9.71 Å². The second-order valence-corrected chi connectivity index (χ2v) is 10.6. The van der Waals surface area contributed by atoms with Crippen LogP contribution < -0.4 is 5.32 Å². The van der Waals surface area contributed by atoms with Crippen LogP contribution in [0.15, 0.2) is 45.0 Å². The van der Waals surface area contributed by atoms with E-state index in [1.807, 2.05) is 0 Å². The van der Waals surface area contributed by atoms with Crippen LogP contribution in [-0.4, -0.2) is 42.1 Å². The molecule has 0 radical (unpaired) electrons. The topological polar surface area (TPSA) is 95.9 Å². The maximum Gasteiger partial charge on any atom is 0.294 e. The Kier molecular flexibility index (Phi) is 6.62. The van der Waals surface area contributed by atoms with Gasteiger partial charge >= 0.3 is 0 Å². The molecule has 0 saturated carbocycles. The standard InChI is InChI=1S/C17H15ClFN3O4S3/c1-2-22-16(24)12(9-14(23)20-11-5-3-10(19)4-6-11)27-17(22)21-29(25,26)15-8-7-13(18)28-15/h3-8,12H,2,9H2,1H3,(H,20,23). The quantitative estimate of drug-likeness (QED) is 0.688. The average molecular weight is 476 g/mol. The van der Waals surface area contributed by atoms with Crippen LogP contribution >= 0.6 is 34.7 Å². The van der Waals surface area contributed by atoms with Crippen molar-refractivity contribution in [2.24, 2.45) is 4.40 Å². The highest BCUT2D eigenvalue weighted by atomic mass is 35.5. The van der Waals surface area contributed by atoms with Gasteiger partial charge in [-0.2, -0.15) is 8.42 Å². The summed E-state index contributed by atoms with van der Waals surface area (Å²) in [6, 6.07) is 8.01. The van der Waals surface area contributed by atoms with Crippen molar-refractivity contribution in [2.75, 3.05) is 11.9 Å². The summed E-state index contributed by atoms with van der Waals surface area (Å²) in [5, 5.41) is 1.79. The van der Waals surface area contributed by atoms with Crippen molar-refractivity contribution >= 4 is 67.4 Å². The number of benzene rings is 1. The summed E-state index contributed by atoms with van der Waals surface area (Å²) in [4.78, 5) is 26.1. The Labute approximate surface area is 180 Å². The van der Waals surface area contributed by atoms with Crippen LogP contribution in [-0.2, 0) is 19.6 Å². The zero-order valence-corrected chi connectivity index (χ0v) is 18.2. The number of thiophene rings is 1. The Bertz CT molecular complexity index is 1070. The number of nitrogens with one attached hydrogen (secondary N) is 1. The number of carbonyl (C=O) groups excluding carboxylic acids is 2. The highest BCUT2D eigenvalue weighted by Crippen LogP contribution is 2.33. The van der Waals surface area contributed by atoms with Crippen LogP contribution in [0.3, 0.4) is 0 Å². The third kappa shape index (κ3) is 5.16. The predicted molar refractivity (Wildman–Crippen MR) is 112 cm³/mol. The molecule has 1 N–H and O–H groups in total. The summed E-state index contributed by atoms with van der Waals surface area (Å²) in [5.41, 5.74) is 0.394. The Balaban J connectivity index is 1.74. The first-order chi connectivity index (χ1) is 13.7. The minimum atomic E-state index is -4.02. The van der Waals surface area contributed by atoms with Gasteiger partial charge in [0.05, 0.1) is 4.34 Å². The van der Waals surface area contributed by atoms with E-state index < -0.39 is 32.9 Å². The fourth-order valence-electron chi connectivity index (χ4n) is 2.50. The fourth-order valence-corrected chi connectivity index (χ4v) is 6.38. The van der Waals surface area contributed by atoms with E-state index in [4.69, 9.17) is 11.6 Å². The van der Waals surface area contributed by atoms with Gasteiger partial charge in [0.1, 0.15) is 15.3 Å². The molecule has 29 heavy (non-hydrogen) atoms. The van der Waals surface area contributed by atoms with Gasteiger partial charge in [-0.05, 0) is 43.3 Å². The van der Waals surface area contributed by atoms with E-state index in [0.717, 1.165) is 23.1 Å². The molecule has 0 aliphatic carbocycles. The lowest BCUT2D eigenvalue weighted by atomic mass is 10.2. The Morgan fingerprint density at radius 1 is 1.28 bits per heavy atom. The molecule has 0 bridgehead atoms. The molecule has 1 fully saturated rings. The SMILES string of the molecule is CCN1C(=O)C(CC(=O)Nc2ccc(F)cc2)SC1=NS(=O)(=O)c1ccc(Cl)s1. The lowest BCUT2D eigenvalue weighted by molar-refractivity contribution is -0.128. The van der Waals surface area contributed by atoms with Crippen molar-refractivity contribution in [3.05, 3.63) is 46.6 Å². The van der Waals surface area contributed by atoms with Gasteiger partial charge in [-0.15, -0.1) is 15.7 Å². The van der Waals surface area contributed by atoms with Crippen molar-refractivity contribution in [2.45, 2.75) is 22.8 Å². The molecule has 12 heteroatoms. The number of amidine groups is 1. The molecule has 7 nitrogen and oxygen atoms in total. The van der Waals surface area contributed by atoms with E-state index in [1.165, 1.54) is 41.3 Å². The summed E-state index contributed by atoms with van der Waals surface area (Å²) in [7, 11) is -4.02. The zero-order valence-electron chi connectivity index (χ0n) is 15.0. The van der Waals surface area contributed by atoms with Crippen molar-refractivity contribution in [3.8, 4) is 0 Å². The van der Waals surface area contributed by atoms with Crippen LogP contribution in [0.4, 0.5) is 10.1 Å². The van der Waals surface area contributed by atoms with Crippen LogP contribution in [0.2, 0.25) is 4.34 Å². The van der Waals surface area contributed by atoms with Crippen molar-refractivity contribution in [3.63, 3.8) is 0 Å². The molecule has 1 aliphatic rings. The lowest BCUT2D eigenvalue weighted by Crippen LogP contribution is -2.33. The third-order valence-electron chi connectivity index (χ3n) is 3.84. The number of halogens is 2. The molecule has 154 valence electrons. The Morgan fingerprint density at radius 2 is 1.97 bits per heavy atom. The summed E-state index contributed by atoms with van der Waals surface area (Å²) < 4.78 is 41.9. The van der Waals surface area contributed by atoms with E-state index >= 15 is 0 Å². The van der Waals surface area contributed by atoms with Crippen LogP contribution in [0.1, 0.15) is 13.3 Å². The number of nitrogens with zero attached hydrogens (tertiary/aromatic N) is 2. The van der Waals surface area contributed by atoms with Gasteiger partial charge in [-0.3, -0.25) is 14.5 Å². The van der Waals surface area contributed by atoms with E-state index in [-0.39, 0.29) is 22.3 Å². The van der Waals surface area contributed by atoms with Gasteiger partial charge in [-0.1, -0.05) is 23.4 Å². The van der Waals surface area contributed by atoms with E-state index in [0.29, 0.717) is 10.0 Å². The molecule has 0 spiro atoms. The van der Waals surface area contributed by atoms with Crippen molar-refractivity contribution in [1.82, 2.24) is 4.90 Å². The highest BCUT2D eigenvalue weighted by Gasteiger charge is 2.39. The monoisotopic (exact) mass is 475 g/mol. The maximum atomic E-state index is 13.0. The second-order valence-electron chi connectivity index (χ2n) is 5.86. The minimum Gasteiger partial charge on any atom is -0.326 e. The first-order valence-corrected chi connectivity index (χ1v) is 11.8. The molecule has 1 saturated heterocycles. The molecule has 1 unspecified atom stereocenters. The molecule has 1 aliphatic heterocycles. The summed E-state index contributed by atoms with van der Waals surface area (Å²) in [6.45, 7) is 1.89. The third-order valence-corrected chi connectivity index (χ3v) is 8.09. The van der Waals surface area contributed by atoms with E-state index in [9.17, 15) is 22.4 Å². The smallest absolute Gasteiger partial charge is 0.294 e. The normalized spacial score (nSPS) is 18.4. The van der Waals surface area contributed by atoms with E-state index in [1.54, 1.807) is 6.92 Å². The molecule has 3 rings (SSSR count). The van der Waals surface area contributed by atoms with Crippen molar-refractivity contribution < 1.29 is 22.4 Å². The second kappa shape index (κ2) is 8.82. The minimum absolute atomic E-state index is 0.0154. The highest BCUT2D eigenvalue weighted by molar-refractivity contribution is 8.16. The number of carbonyl (C=O) groups is 2. The molecule has 2 aromatic rings. The summed E-state index contributed by atoms with van der Waals surface area (Å²) >= 11 is 7.58. The van der Waals surface area contributed by atoms with Crippen LogP contribution in [0.25, 0.3) is 0 Å². The Hall–Kier alpha value is -1.95. The number of sulfonamides is 1. The number of hydrogen-bond donors (Lipinski definition) is 1. The van der Waals surface area contributed by atoms with Gasteiger partial charge in [0.15, 0.2) is 5.17 Å². The predicted octanol–water partition coefficient (Wildman–Crippen LogP) is 3.58. The van der Waals surface area contributed by atoms with Crippen LogP contribution in [0.5, 0.6) is 0 Å². The van der Waals surface area contributed by atoms with Gasteiger partial charge in [0.25, 0.3) is 10.0 Å². The van der Waals surface area contributed by atoms with Gasteiger partial charge in [0, 0.05) is 18.7 Å². The molecule has 1 aromatic heterocycles. The molecule has 2 amide bonds. The maximum absolute atomic E-state index is 13.0. The number of rotatable bonds is 6. The first kappa shape index (κ1) is 21.8. The van der Waals surface area contributed by atoms with Gasteiger partial charge in [0.2, 0.25) is 11.8 Å². The molecule has 1 atom stereocenters. The largest absolute Gasteiger partial charge is 0.326 e. The number of hydrogen-bond acceptors (Lipinski definition) is 6. The lowest BCUT2D eigenvalue weighted by Gasteiger charge is -2.13. The Morgan fingerprint density at radius 3 is 2.55 bits per heavy atom. The molecule has 2 heterocycles. The molecular weight excluding hydrogens is 461 g/mol. The summed E-state index contributed by atoms with van der Waals surface area (Å²) in [6.07, 6.45) is -0.179. The number of anilines is 1. The van der Waals surface area contributed by atoms with Crippen LogP contribution in [0, 0.1) is 5.82 Å². The first-order valence-electron chi connectivity index (χ1n) is 8.33. The molecular formula is C17H15ClFN3O4S3. The average Bonchev–Trinajstić information content (AvgIpc) is 3.21. The zero-order chi connectivity index (χ0) is 21.2.